The summed E-state index contributed by atoms with van der Waals surface area (Å²) >= 11 is 0. The Morgan fingerprint density at radius 1 is 0.957 bits per heavy atom. The molecule has 3 N–H and O–H groups in total. The lowest BCUT2D eigenvalue weighted by atomic mass is 9.94. The van der Waals surface area contributed by atoms with Crippen LogP contribution in [-0.2, 0) is 0 Å². The van der Waals surface area contributed by atoms with Crippen LogP contribution in [0.3, 0.4) is 0 Å². The summed E-state index contributed by atoms with van der Waals surface area (Å²) in [5.74, 6) is -0.487. The second kappa shape index (κ2) is 5.79. The van der Waals surface area contributed by atoms with Gasteiger partial charge in [-0.05, 0) is 36.5 Å². The van der Waals surface area contributed by atoms with E-state index >= 15 is 0 Å². The maximum atomic E-state index is 9.96. The van der Waals surface area contributed by atoms with E-state index in [4.69, 9.17) is 0 Å². The smallest absolute Gasteiger partial charge is 0.185 e. The van der Waals surface area contributed by atoms with Crippen LogP contribution in [0.25, 0.3) is 16.7 Å². The lowest BCUT2D eigenvalue weighted by Crippen LogP contribution is -1.99. The third kappa shape index (κ3) is 2.67. The highest BCUT2D eigenvalue weighted by atomic mass is 16.3. The van der Waals surface area contributed by atoms with Crippen molar-refractivity contribution >= 4 is 11.0 Å². The summed E-state index contributed by atoms with van der Waals surface area (Å²) in [6, 6.07) is 8.30. The third-order valence-electron chi connectivity index (χ3n) is 4.13. The Bertz CT molecular complexity index is 854. The van der Waals surface area contributed by atoms with Gasteiger partial charge in [0.15, 0.2) is 11.5 Å². The van der Waals surface area contributed by atoms with Crippen LogP contribution < -0.4 is 0 Å². The molecule has 0 saturated carbocycles. The van der Waals surface area contributed by atoms with Crippen molar-refractivity contribution in [2.45, 2.75) is 32.6 Å². The third-order valence-corrected chi connectivity index (χ3v) is 4.13. The molecule has 0 spiro atoms. The Hall–Kier alpha value is -2.76. The first-order chi connectivity index (χ1) is 11.0. The van der Waals surface area contributed by atoms with E-state index in [0.29, 0.717) is 17.0 Å². The molecule has 0 amide bonds. The van der Waals surface area contributed by atoms with Crippen molar-refractivity contribution in [3.63, 3.8) is 0 Å². The number of hydrogen-bond acceptors (Lipinski definition) is 5. The molecule has 1 heterocycles. The minimum atomic E-state index is -0.418. The van der Waals surface area contributed by atoms with Crippen LogP contribution in [0.4, 0.5) is 0 Å². The summed E-state index contributed by atoms with van der Waals surface area (Å²) < 4.78 is 0. The van der Waals surface area contributed by atoms with Crippen molar-refractivity contribution < 1.29 is 15.3 Å². The number of aromatic hydroxyl groups is 3. The molecule has 2 aromatic carbocycles. The van der Waals surface area contributed by atoms with E-state index in [-0.39, 0.29) is 17.2 Å². The monoisotopic (exact) mass is 313 g/mol. The van der Waals surface area contributed by atoms with Gasteiger partial charge >= 0.3 is 0 Å². The number of phenols is 3. The highest BCUT2D eigenvalue weighted by Crippen LogP contribution is 2.35. The first kappa shape index (κ1) is 15.1. The number of rotatable bonds is 4. The molecule has 120 valence electrons. The molecule has 1 aromatic heterocycles. The van der Waals surface area contributed by atoms with Crippen molar-refractivity contribution in [3.8, 4) is 22.9 Å². The van der Waals surface area contributed by atoms with Gasteiger partial charge < -0.3 is 15.3 Å². The largest absolute Gasteiger partial charge is 0.508 e. The van der Waals surface area contributed by atoms with E-state index in [9.17, 15) is 15.3 Å². The first-order valence-electron chi connectivity index (χ1n) is 7.65. The maximum absolute atomic E-state index is 9.96. The van der Waals surface area contributed by atoms with E-state index < -0.39 is 5.75 Å². The minimum Gasteiger partial charge on any atom is -0.508 e. The maximum Gasteiger partial charge on any atom is 0.185 e. The van der Waals surface area contributed by atoms with Gasteiger partial charge in [0.1, 0.15) is 22.5 Å². The van der Waals surface area contributed by atoms with Gasteiger partial charge in [0.05, 0.1) is 0 Å². The molecule has 0 aliphatic heterocycles. The van der Waals surface area contributed by atoms with Gasteiger partial charge in [-0.15, -0.1) is 15.0 Å². The molecule has 0 aliphatic rings. The van der Waals surface area contributed by atoms with Crippen LogP contribution in [0.2, 0.25) is 0 Å². The summed E-state index contributed by atoms with van der Waals surface area (Å²) in [4.78, 5) is 1.22. The molecule has 0 unspecified atom stereocenters. The number of phenolic OH excluding ortho intramolecular Hbond substituents is 3. The number of hydrogen-bond donors (Lipinski definition) is 3. The Morgan fingerprint density at radius 3 is 2.35 bits per heavy atom. The summed E-state index contributed by atoms with van der Waals surface area (Å²) in [5.41, 5.74) is 2.72. The molecular formula is C17H19N3O3. The van der Waals surface area contributed by atoms with E-state index in [1.165, 1.54) is 16.4 Å². The molecular weight excluding hydrogens is 294 g/mol. The summed E-state index contributed by atoms with van der Waals surface area (Å²) in [5, 5.41) is 37.8. The zero-order valence-corrected chi connectivity index (χ0v) is 13.1. The van der Waals surface area contributed by atoms with Crippen LogP contribution in [0.1, 0.15) is 38.2 Å². The highest BCUT2D eigenvalue weighted by Gasteiger charge is 2.15. The molecule has 6 heteroatoms. The molecule has 0 radical (unpaired) electrons. The van der Waals surface area contributed by atoms with Crippen LogP contribution in [0.5, 0.6) is 17.2 Å². The van der Waals surface area contributed by atoms with E-state index in [1.807, 2.05) is 18.2 Å². The van der Waals surface area contributed by atoms with Gasteiger partial charge in [0, 0.05) is 12.1 Å². The Kier molecular flexibility index (Phi) is 3.82. The van der Waals surface area contributed by atoms with Gasteiger partial charge in [-0.25, -0.2) is 0 Å². The molecule has 3 rings (SSSR count). The molecule has 0 bridgehead atoms. The quantitative estimate of drug-likeness (QED) is 0.507. The van der Waals surface area contributed by atoms with Crippen LogP contribution >= 0.6 is 0 Å². The van der Waals surface area contributed by atoms with Gasteiger partial charge in [-0.1, -0.05) is 19.9 Å². The van der Waals surface area contributed by atoms with Gasteiger partial charge in [-0.3, -0.25) is 0 Å². The second-order valence-corrected chi connectivity index (χ2v) is 5.58. The van der Waals surface area contributed by atoms with Gasteiger partial charge in [0.25, 0.3) is 0 Å². The Balaban J connectivity index is 2.11. The number of nitrogens with zero attached hydrogens (tertiary/aromatic N) is 3. The van der Waals surface area contributed by atoms with Gasteiger partial charge in [-0.2, -0.15) is 0 Å². The van der Waals surface area contributed by atoms with Crippen molar-refractivity contribution in [3.05, 3.63) is 35.9 Å². The fourth-order valence-electron chi connectivity index (χ4n) is 2.80. The van der Waals surface area contributed by atoms with Crippen molar-refractivity contribution in [1.29, 1.82) is 0 Å². The normalized spacial score (nSPS) is 11.4. The average Bonchev–Trinajstić information content (AvgIpc) is 2.95. The zero-order valence-electron chi connectivity index (χ0n) is 13.1. The minimum absolute atomic E-state index is 0.128. The van der Waals surface area contributed by atoms with E-state index in [2.05, 4.69) is 24.0 Å². The SMILES string of the molecule is CCC(CC)c1ccc2nn(-c3cc(O)cc(O)c3O)nc2c1. The Labute approximate surface area is 133 Å². The van der Waals surface area contributed by atoms with Crippen LogP contribution in [-0.4, -0.2) is 30.3 Å². The Morgan fingerprint density at radius 2 is 1.65 bits per heavy atom. The predicted octanol–water partition coefficient (Wildman–Crippen LogP) is 3.44. The molecule has 0 saturated heterocycles. The topological polar surface area (TPSA) is 91.4 Å². The van der Waals surface area contributed by atoms with Crippen LogP contribution in [0.15, 0.2) is 30.3 Å². The second-order valence-electron chi connectivity index (χ2n) is 5.58. The zero-order chi connectivity index (χ0) is 16.6. The van der Waals surface area contributed by atoms with Crippen molar-refractivity contribution in [2.75, 3.05) is 0 Å². The lowest BCUT2D eigenvalue weighted by molar-refractivity contribution is 0.392. The molecule has 0 atom stereocenters. The lowest BCUT2D eigenvalue weighted by Gasteiger charge is -2.11. The van der Waals surface area contributed by atoms with Crippen molar-refractivity contribution in [2.24, 2.45) is 0 Å². The number of fused-ring (bicyclic) bond motifs is 1. The summed E-state index contributed by atoms with van der Waals surface area (Å²) in [6.07, 6.45) is 2.11. The van der Waals surface area contributed by atoms with E-state index in [1.54, 1.807) is 0 Å². The fraction of sp³-hybridized carbons (Fsp3) is 0.294. The fourth-order valence-corrected chi connectivity index (χ4v) is 2.80. The highest BCUT2D eigenvalue weighted by molar-refractivity contribution is 5.75. The molecule has 0 fully saturated rings. The molecule has 6 nitrogen and oxygen atoms in total. The van der Waals surface area contributed by atoms with E-state index in [0.717, 1.165) is 18.9 Å². The van der Waals surface area contributed by atoms with Crippen molar-refractivity contribution in [1.82, 2.24) is 15.0 Å². The van der Waals surface area contributed by atoms with Gasteiger partial charge in [0.2, 0.25) is 0 Å². The molecule has 3 aromatic rings. The standard InChI is InChI=1S/C17H19N3O3/c1-3-10(4-2)11-5-6-13-14(7-11)19-20(18-13)15-8-12(21)9-16(22)17(15)23/h5-10,21-23H,3-4H2,1-2H3. The first-order valence-corrected chi connectivity index (χ1v) is 7.65. The molecule has 0 aliphatic carbocycles. The summed E-state index contributed by atoms with van der Waals surface area (Å²) in [7, 11) is 0. The average molecular weight is 313 g/mol. The number of benzene rings is 2. The number of aromatic nitrogens is 3. The predicted molar refractivity (Wildman–Crippen MR) is 87.2 cm³/mol. The molecule has 23 heavy (non-hydrogen) atoms. The van der Waals surface area contributed by atoms with Crippen LogP contribution in [0, 0.1) is 0 Å². The summed E-state index contributed by atoms with van der Waals surface area (Å²) in [6.45, 7) is 4.31.